The molecule has 9 heteroatoms. The van der Waals surface area contributed by atoms with E-state index in [1.807, 2.05) is 26.0 Å². The van der Waals surface area contributed by atoms with Crippen LogP contribution in [-0.4, -0.2) is 27.0 Å². The highest BCUT2D eigenvalue weighted by molar-refractivity contribution is 7.89. The summed E-state index contributed by atoms with van der Waals surface area (Å²) in [6.07, 6.45) is 2.42. The Morgan fingerprint density at radius 2 is 1.94 bits per heavy atom. The standard InChI is InChI=1S/C24H26N2O6S/c1-3-30-22-12-18-11-16(2)32-23(18)13-19(22)14-25-24(27)17-6-8-21(9-7-17)33(28,29)26-15-20-5-4-10-31-20/h4-10,12-13,16,26H,3,11,14-15H2,1-2H3,(H,25,27)/t16-/m0/s1. The van der Waals surface area contributed by atoms with Gasteiger partial charge in [0.25, 0.3) is 5.91 Å². The largest absolute Gasteiger partial charge is 0.494 e. The molecule has 33 heavy (non-hydrogen) atoms. The highest BCUT2D eigenvalue weighted by Gasteiger charge is 2.22. The molecule has 1 aliphatic heterocycles. The Morgan fingerprint density at radius 1 is 1.15 bits per heavy atom. The van der Waals surface area contributed by atoms with Gasteiger partial charge in [-0.05, 0) is 62.4 Å². The average Bonchev–Trinajstić information content (AvgIpc) is 3.45. The molecule has 2 heterocycles. The van der Waals surface area contributed by atoms with Crippen LogP contribution < -0.4 is 19.5 Å². The van der Waals surface area contributed by atoms with Crippen molar-refractivity contribution in [2.45, 2.75) is 44.4 Å². The van der Waals surface area contributed by atoms with E-state index in [0.717, 1.165) is 29.0 Å². The lowest BCUT2D eigenvalue weighted by molar-refractivity contribution is 0.0950. The van der Waals surface area contributed by atoms with E-state index < -0.39 is 10.0 Å². The predicted molar refractivity (Wildman–Crippen MR) is 122 cm³/mol. The molecule has 0 radical (unpaired) electrons. The fourth-order valence-electron chi connectivity index (χ4n) is 3.64. The lowest BCUT2D eigenvalue weighted by atomic mass is 10.1. The highest BCUT2D eigenvalue weighted by Crippen LogP contribution is 2.35. The molecule has 3 aromatic rings. The van der Waals surface area contributed by atoms with Crippen LogP contribution in [0.2, 0.25) is 0 Å². The maximum Gasteiger partial charge on any atom is 0.251 e. The van der Waals surface area contributed by atoms with E-state index in [0.29, 0.717) is 17.9 Å². The van der Waals surface area contributed by atoms with Crippen molar-refractivity contribution in [3.63, 3.8) is 0 Å². The maximum atomic E-state index is 12.7. The molecule has 4 rings (SSSR count). The normalized spacial score (nSPS) is 15.0. The topological polar surface area (TPSA) is 107 Å². The Bertz CT molecular complexity index is 1220. The number of amides is 1. The van der Waals surface area contributed by atoms with E-state index >= 15 is 0 Å². The quantitative estimate of drug-likeness (QED) is 0.496. The number of rotatable bonds is 9. The number of sulfonamides is 1. The minimum absolute atomic E-state index is 0.0446. The summed E-state index contributed by atoms with van der Waals surface area (Å²) in [6, 6.07) is 13.0. The molecule has 0 spiro atoms. The summed E-state index contributed by atoms with van der Waals surface area (Å²) >= 11 is 0. The van der Waals surface area contributed by atoms with Gasteiger partial charge in [-0.25, -0.2) is 13.1 Å². The summed E-state index contributed by atoms with van der Waals surface area (Å²) in [6.45, 7) is 4.74. The number of carbonyl (C=O) groups is 1. The van der Waals surface area contributed by atoms with Crippen molar-refractivity contribution < 1.29 is 27.1 Å². The van der Waals surface area contributed by atoms with E-state index in [9.17, 15) is 13.2 Å². The number of carbonyl (C=O) groups excluding carboxylic acids is 1. The second-order valence-corrected chi connectivity index (χ2v) is 9.51. The predicted octanol–water partition coefficient (Wildman–Crippen LogP) is 3.41. The second kappa shape index (κ2) is 9.68. The molecule has 0 aliphatic carbocycles. The summed E-state index contributed by atoms with van der Waals surface area (Å²) < 4.78 is 44.1. The number of furan rings is 1. The Morgan fingerprint density at radius 3 is 2.64 bits per heavy atom. The number of hydrogen-bond acceptors (Lipinski definition) is 6. The van der Waals surface area contributed by atoms with Gasteiger partial charge in [0.2, 0.25) is 10.0 Å². The molecule has 1 amide bonds. The molecule has 0 unspecified atom stereocenters. The van der Waals surface area contributed by atoms with Crippen molar-refractivity contribution in [1.82, 2.24) is 10.0 Å². The summed E-state index contributed by atoms with van der Waals surface area (Å²) in [5.41, 5.74) is 2.27. The van der Waals surface area contributed by atoms with Gasteiger partial charge >= 0.3 is 0 Å². The van der Waals surface area contributed by atoms with Crippen LogP contribution in [0.3, 0.4) is 0 Å². The van der Waals surface area contributed by atoms with Crippen LogP contribution in [-0.2, 0) is 29.5 Å². The highest BCUT2D eigenvalue weighted by atomic mass is 32.2. The maximum absolute atomic E-state index is 12.7. The van der Waals surface area contributed by atoms with Gasteiger partial charge in [0.1, 0.15) is 23.4 Å². The zero-order chi connectivity index (χ0) is 23.4. The summed E-state index contributed by atoms with van der Waals surface area (Å²) in [4.78, 5) is 12.7. The van der Waals surface area contributed by atoms with Crippen LogP contribution in [0.1, 0.15) is 41.1 Å². The van der Waals surface area contributed by atoms with Gasteiger partial charge in [-0.1, -0.05) is 0 Å². The minimum atomic E-state index is -3.73. The molecule has 2 aromatic carbocycles. The van der Waals surface area contributed by atoms with E-state index in [2.05, 4.69) is 10.0 Å². The van der Waals surface area contributed by atoms with Crippen molar-refractivity contribution in [3.05, 3.63) is 77.2 Å². The van der Waals surface area contributed by atoms with Gasteiger partial charge in [0, 0.05) is 29.7 Å². The molecule has 0 bridgehead atoms. The minimum Gasteiger partial charge on any atom is -0.494 e. The van der Waals surface area contributed by atoms with Gasteiger partial charge in [-0.3, -0.25) is 4.79 Å². The smallest absolute Gasteiger partial charge is 0.251 e. The van der Waals surface area contributed by atoms with Crippen molar-refractivity contribution >= 4 is 15.9 Å². The van der Waals surface area contributed by atoms with Crippen molar-refractivity contribution in [1.29, 1.82) is 0 Å². The van der Waals surface area contributed by atoms with E-state index in [4.69, 9.17) is 13.9 Å². The van der Waals surface area contributed by atoms with E-state index in [-0.39, 0.29) is 30.0 Å². The Hall–Kier alpha value is -3.30. The molecule has 1 atom stereocenters. The number of ether oxygens (including phenoxy) is 2. The molecule has 1 aliphatic rings. The fourth-order valence-corrected chi connectivity index (χ4v) is 4.63. The lowest BCUT2D eigenvalue weighted by Gasteiger charge is -2.13. The SMILES string of the molecule is CCOc1cc2c(cc1CNC(=O)c1ccc(S(=O)(=O)NCc3ccco3)cc1)O[C@@H](C)C2. The Balaban J connectivity index is 1.41. The zero-order valence-electron chi connectivity index (χ0n) is 18.5. The van der Waals surface area contributed by atoms with Gasteiger partial charge in [-0.2, -0.15) is 0 Å². The van der Waals surface area contributed by atoms with Crippen LogP contribution >= 0.6 is 0 Å². The fraction of sp³-hybridized carbons (Fsp3) is 0.292. The van der Waals surface area contributed by atoms with Crippen LogP contribution in [0, 0.1) is 0 Å². The molecule has 174 valence electrons. The molecule has 0 saturated heterocycles. The first kappa shape index (κ1) is 22.9. The summed E-state index contributed by atoms with van der Waals surface area (Å²) in [5, 5.41) is 2.87. The van der Waals surface area contributed by atoms with Gasteiger partial charge in [-0.15, -0.1) is 0 Å². The van der Waals surface area contributed by atoms with Gasteiger partial charge in [0.15, 0.2) is 0 Å². The van der Waals surface area contributed by atoms with Crippen LogP contribution in [0.5, 0.6) is 11.5 Å². The number of fused-ring (bicyclic) bond motifs is 1. The zero-order valence-corrected chi connectivity index (χ0v) is 19.3. The van der Waals surface area contributed by atoms with Gasteiger partial charge in [0.05, 0.1) is 24.3 Å². The number of benzene rings is 2. The van der Waals surface area contributed by atoms with Crippen LogP contribution in [0.25, 0.3) is 0 Å². The van der Waals surface area contributed by atoms with Crippen molar-refractivity contribution in [2.75, 3.05) is 6.61 Å². The first-order valence-corrected chi connectivity index (χ1v) is 12.2. The molecule has 8 nitrogen and oxygen atoms in total. The molecule has 0 fully saturated rings. The third kappa shape index (κ3) is 5.37. The molecule has 2 N–H and O–H groups in total. The summed E-state index contributed by atoms with van der Waals surface area (Å²) in [5.74, 6) is 1.72. The first-order chi connectivity index (χ1) is 15.9. The molecular weight excluding hydrogens is 444 g/mol. The third-order valence-corrected chi connectivity index (χ3v) is 6.68. The Kier molecular flexibility index (Phi) is 6.71. The first-order valence-electron chi connectivity index (χ1n) is 10.7. The van der Waals surface area contributed by atoms with Crippen LogP contribution in [0.4, 0.5) is 0 Å². The van der Waals surface area contributed by atoms with Crippen molar-refractivity contribution in [2.24, 2.45) is 0 Å². The average molecular weight is 471 g/mol. The van der Waals surface area contributed by atoms with Gasteiger partial charge < -0.3 is 19.2 Å². The number of hydrogen-bond donors (Lipinski definition) is 2. The van der Waals surface area contributed by atoms with E-state index in [1.54, 1.807) is 12.1 Å². The molecule has 0 saturated carbocycles. The van der Waals surface area contributed by atoms with E-state index in [1.165, 1.54) is 30.5 Å². The Labute approximate surface area is 193 Å². The van der Waals surface area contributed by atoms with Crippen molar-refractivity contribution in [3.8, 4) is 11.5 Å². The molecular formula is C24H26N2O6S. The lowest BCUT2D eigenvalue weighted by Crippen LogP contribution is -2.24. The van der Waals surface area contributed by atoms with Crippen LogP contribution in [0.15, 0.2) is 64.1 Å². The third-order valence-electron chi connectivity index (χ3n) is 5.26. The monoisotopic (exact) mass is 470 g/mol. The molecule has 1 aromatic heterocycles. The second-order valence-electron chi connectivity index (χ2n) is 7.74. The number of nitrogens with one attached hydrogen (secondary N) is 2. The summed E-state index contributed by atoms with van der Waals surface area (Å²) in [7, 11) is -3.73.